The highest BCUT2D eigenvalue weighted by atomic mass is 16.7. The molecule has 0 aromatic rings. The molecule has 0 rings (SSSR count). The van der Waals surface area contributed by atoms with Gasteiger partial charge in [0.05, 0.1) is 5.60 Å². The highest BCUT2D eigenvalue weighted by Crippen LogP contribution is 2.11. The predicted octanol–water partition coefficient (Wildman–Crippen LogP) is 3.05. The lowest BCUT2D eigenvalue weighted by atomic mass is 10.1. The Labute approximate surface area is 105 Å². The number of rotatable bonds is 8. The lowest BCUT2D eigenvalue weighted by Crippen LogP contribution is -2.17. The first-order valence-corrected chi connectivity index (χ1v) is 6.19. The fourth-order valence-corrected chi connectivity index (χ4v) is 1.32. The van der Waals surface area contributed by atoms with Gasteiger partial charge in [-0.15, -0.1) is 0 Å². The largest absolute Gasteiger partial charge is 0.386 e. The van der Waals surface area contributed by atoms with E-state index in [0.717, 1.165) is 12.0 Å². The first-order chi connectivity index (χ1) is 7.89. The Balaban J connectivity index is 4.24. The number of hydrogen-bond donors (Lipinski definition) is 1. The molecule has 0 saturated heterocycles. The maximum Gasteiger partial charge on any atom is 0.161 e. The molecule has 17 heavy (non-hydrogen) atoms. The molecule has 0 aliphatic carbocycles. The minimum absolute atomic E-state index is 0.170. The molecule has 0 amide bonds. The molecule has 1 N–H and O–H groups in total. The second-order valence-electron chi connectivity index (χ2n) is 4.57. The number of ether oxygens (including phenoxy) is 2. The minimum Gasteiger partial charge on any atom is -0.386 e. The van der Waals surface area contributed by atoms with Gasteiger partial charge in [-0.1, -0.05) is 23.8 Å². The van der Waals surface area contributed by atoms with E-state index in [1.165, 1.54) is 0 Å². The van der Waals surface area contributed by atoms with E-state index in [-0.39, 0.29) is 6.29 Å². The van der Waals surface area contributed by atoms with Gasteiger partial charge in [-0.25, -0.2) is 0 Å². The Kier molecular flexibility index (Phi) is 8.13. The zero-order chi connectivity index (χ0) is 13.3. The van der Waals surface area contributed by atoms with Crippen LogP contribution < -0.4 is 0 Å². The molecular weight excluding hydrogens is 216 g/mol. The molecule has 0 fully saturated rings. The lowest BCUT2D eigenvalue weighted by molar-refractivity contribution is -0.134. The molecule has 0 saturated carbocycles. The Morgan fingerprint density at radius 1 is 1.24 bits per heavy atom. The van der Waals surface area contributed by atoms with E-state index in [2.05, 4.69) is 0 Å². The maximum atomic E-state index is 9.52. The van der Waals surface area contributed by atoms with Crippen LogP contribution in [0.5, 0.6) is 0 Å². The van der Waals surface area contributed by atoms with Gasteiger partial charge in [-0.05, 0) is 34.6 Å². The van der Waals surface area contributed by atoms with Crippen LogP contribution in [0.15, 0.2) is 23.8 Å². The van der Waals surface area contributed by atoms with E-state index in [0.29, 0.717) is 13.2 Å². The summed E-state index contributed by atoms with van der Waals surface area (Å²) in [5.41, 5.74) is 0.396. The van der Waals surface area contributed by atoms with E-state index in [1.54, 1.807) is 19.9 Å². The van der Waals surface area contributed by atoms with E-state index in [4.69, 9.17) is 9.47 Å². The molecule has 0 unspecified atom stereocenters. The van der Waals surface area contributed by atoms with Gasteiger partial charge < -0.3 is 14.6 Å². The third kappa shape index (κ3) is 10.2. The maximum absolute atomic E-state index is 9.52. The molecule has 0 aromatic heterocycles. The number of allylic oxidation sites excluding steroid dienone is 2. The summed E-state index contributed by atoms with van der Waals surface area (Å²) < 4.78 is 10.9. The molecule has 0 aliphatic heterocycles. The van der Waals surface area contributed by atoms with Gasteiger partial charge in [0, 0.05) is 19.6 Å². The fourth-order valence-electron chi connectivity index (χ4n) is 1.32. The number of aliphatic hydroxyl groups is 1. The molecule has 0 radical (unpaired) electrons. The average molecular weight is 242 g/mol. The quantitative estimate of drug-likeness (QED) is 0.525. The average Bonchev–Trinajstić information content (AvgIpc) is 2.16. The summed E-state index contributed by atoms with van der Waals surface area (Å²) in [5, 5.41) is 9.52. The van der Waals surface area contributed by atoms with Gasteiger partial charge in [0.25, 0.3) is 0 Å². The van der Waals surface area contributed by atoms with Crippen molar-refractivity contribution in [2.75, 3.05) is 13.2 Å². The van der Waals surface area contributed by atoms with Crippen molar-refractivity contribution >= 4 is 0 Å². The van der Waals surface area contributed by atoms with Crippen molar-refractivity contribution < 1.29 is 14.6 Å². The van der Waals surface area contributed by atoms with Crippen molar-refractivity contribution in [1.82, 2.24) is 0 Å². The summed E-state index contributed by atoms with van der Waals surface area (Å²) in [5.74, 6) is 0. The highest BCUT2D eigenvalue weighted by Gasteiger charge is 2.08. The minimum atomic E-state index is -0.768. The summed E-state index contributed by atoms with van der Waals surface area (Å²) >= 11 is 0. The van der Waals surface area contributed by atoms with E-state index in [1.807, 2.05) is 32.9 Å². The number of hydrogen-bond acceptors (Lipinski definition) is 3. The summed E-state index contributed by atoms with van der Waals surface area (Å²) in [6.45, 7) is 10.7. The Morgan fingerprint density at radius 3 is 2.18 bits per heavy atom. The topological polar surface area (TPSA) is 38.7 Å². The first kappa shape index (κ1) is 16.4. The standard InChI is InChI=1S/C14H26O3/c1-6-16-13(17-7-2)11-12(3)9-8-10-14(4,5)15/h8-10,13,15H,6-7,11H2,1-5H3. The molecule has 0 aromatic carbocycles. The third-order valence-electron chi connectivity index (χ3n) is 2.08. The van der Waals surface area contributed by atoms with Crippen LogP contribution in [-0.2, 0) is 9.47 Å². The van der Waals surface area contributed by atoms with Crippen LogP contribution in [-0.4, -0.2) is 30.2 Å². The van der Waals surface area contributed by atoms with Gasteiger partial charge in [0.2, 0.25) is 0 Å². The molecular formula is C14H26O3. The fraction of sp³-hybridized carbons (Fsp3) is 0.714. The molecule has 0 atom stereocenters. The van der Waals surface area contributed by atoms with E-state index >= 15 is 0 Å². The first-order valence-electron chi connectivity index (χ1n) is 6.19. The Bertz CT molecular complexity index is 243. The van der Waals surface area contributed by atoms with Crippen molar-refractivity contribution in [3.05, 3.63) is 23.8 Å². The molecule has 0 aliphatic rings. The molecule has 100 valence electrons. The normalized spacial score (nSPS) is 13.9. The molecule has 3 heteroatoms. The van der Waals surface area contributed by atoms with Gasteiger partial charge in [-0.2, -0.15) is 0 Å². The SMILES string of the molecule is CCOC(CC(C)=CC=CC(C)(C)O)OCC. The zero-order valence-corrected chi connectivity index (χ0v) is 11.7. The van der Waals surface area contributed by atoms with Crippen LogP contribution in [0.1, 0.15) is 41.0 Å². The van der Waals surface area contributed by atoms with E-state index in [9.17, 15) is 5.11 Å². The molecule has 0 spiro atoms. The zero-order valence-electron chi connectivity index (χ0n) is 11.7. The van der Waals surface area contributed by atoms with Gasteiger partial charge in [0.1, 0.15) is 0 Å². The van der Waals surface area contributed by atoms with Crippen LogP contribution in [0.2, 0.25) is 0 Å². The van der Waals surface area contributed by atoms with Crippen LogP contribution in [0.25, 0.3) is 0 Å². The van der Waals surface area contributed by atoms with Gasteiger partial charge in [0.15, 0.2) is 6.29 Å². The van der Waals surface area contributed by atoms with Crippen LogP contribution >= 0.6 is 0 Å². The molecule has 0 heterocycles. The summed E-state index contributed by atoms with van der Waals surface area (Å²) in [6.07, 6.45) is 6.18. The smallest absolute Gasteiger partial charge is 0.161 e. The predicted molar refractivity (Wildman–Crippen MR) is 70.9 cm³/mol. The monoisotopic (exact) mass is 242 g/mol. The van der Waals surface area contributed by atoms with Crippen molar-refractivity contribution in [3.63, 3.8) is 0 Å². The van der Waals surface area contributed by atoms with Crippen molar-refractivity contribution in [2.45, 2.75) is 52.9 Å². The van der Waals surface area contributed by atoms with Crippen LogP contribution in [0.3, 0.4) is 0 Å². The second kappa shape index (κ2) is 8.45. The van der Waals surface area contributed by atoms with Gasteiger partial charge >= 0.3 is 0 Å². The third-order valence-corrected chi connectivity index (χ3v) is 2.08. The van der Waals surface area contributed by atoms with Crippen molar-refractivity contribution in [2.24, 2.45) is 0 Å². The molecule has 3 nitrogen and oxygen atoms in total. The van der Waals surface area contributed by atoms with Crippen molar-refractivity contribution in [3.8, 4) is 0 Å². The second-order valence-corrected chi connectivity index (χ2v) is 4.57. The Hall–Kier alpha value is -0.640. The van der Waals surface area contributed by atoms with E-state index < -0.39 is 5.60 Å². The summed E-state index contributed by atoms with van der Waals surface area (Å²) in [4.78, 5) is 0. The Morgan fingerprint density at radius 2 is 1.76 bits per heavy atom. The van der Waals surface area contributed by atoms with Crippen LogP contribution in [0.4, 0.5) is 0 Å². The molecule has 0 bridgehead atoms. The van der Waals surface area contributed by atoms with Crippen LogP contribution in [0, 0.1) is 0 Å². The van der Waals surface area contributed by atoms with Crippen molar-refractivity contribution in [1.29, 1.82) is 0 Å². The lowest BCUT2D eigenvalue weighted by Gasteiger charge is -2.16. The summed E-state index contributed by atoms with van der Waals surface area (Å²) in [6, 6.07) is 0. The summed E-state index contributed by atoms with van der Waals surface area (Å²) in [7, 11) is 0. The highest BCUT2D eigenvalue weighted by molar-refractivity contribution is 5.13. The van der Waals surface area contributed by atoms with Gasteiger partial charge in [-0.3, -0.25) is 0 Å².